The van der Waals surface area contributed by atoms with Crippen LogP contribution in [-0.4, -0.2) is 59.2 Å². The fraction of sp³-hybridized carbons (Fsp3) is 0.642. The number of hydrogen-bond donors (Lipinski definition) is 1. The molecule has 8 heteroatoms. The van der Waals surface area contributed by atoms with E-state index in [1.807, 2.05) is 12.2 Å². The van der Waals surface area contributed by atoms with Gasteiger partial charge in [-0.15, -0.1) is 0 Å². The normalized spacial score (nSPS) is 15.6. The predicted molar refractivity (Wildman–Crippen MR) is 291 cm³/mol. The quantitative estimate of drug-likeness (QED) is 0.0294. The van der Waals surface area contributed by atoms with Crippen LogP contribution in [0.5, 0.6) is 0 Å². The molecule has 0 aliphatic carbocycles. The number of nitrogens with one attached hydrogen (secondary N) is 1. The summed E-state index contributed by atoms with van der Waals surface area (Å²) in [6.45, 7) is 27.3. The van der Waals surface area contributed by atoms with Crippen LogP contribution in [0.15, 0.2) is 104 Å². The molecule has 0 rings (SSSR count). The fourth-order valence-electron chi connectivity index (χ4n) is 7.89. The molecule has 0 heterocycles. The van der Waals surface area contributed by atoms with E-state index < -0.39 is 35.0 Å². The summed E-state index contributed by atoms with van der Waals surface area (Å²) < 4.78 is 23.6. The van der Waals surface area contributed by atoms with Crippen LogP contribution in [0.1, 0.15) is 147 Å². The number of unbranched alkanes of at least 4 members (excludes halogenated alkanes) is 4. The van der Waals surface area contributed by atoms with Gasteiger partial charge in [0, 0.05) is 0 Å². The molecule has 1 amide bonds. The van der Waals surface area contributed by atoms with Crippen molar-refractivity contribution in [2.75, 3.05) is 0 Å². The first-order chi connectivity index (χ1) is 29.4. The summed E-state index contributed by atoms with van der Waals surface area (Å²) in [5.41, 5.74) is 2.43. The van der Waals surface area contributed by atoms with E-state index in [9.17, 15) is 4.79 Å². The molecular weight excluding hydrogens is 1000 g/mol. The van der Waals surface area contributed by atoms with Crippen LogP contribution in [0.25, 0.3) is 0 Å². The van der Waals surface area contributed by atoms with Crippen LogP contribution >= 0.6 is 22.6 Å². The minimum Gasteiger partial charge on any atom is -0.408 e. The van der Waals surface area contributed by atoms with Gasteiger partial charge >= 0.3 is 197 Å². The molecule has 0 aromatic carbocycles. The second-order valence-corrected chi connectivity index (χ2v) is 40.4. The zero-order valence-electron chi connectivity index (χ0n) is 41.5. The number of carbonyl (C=O) groups is 1. The van der Waals surface area contributed by atoms with Crippen LogP contribution in [-0.2, 0) is 13.6 Å². The molecule has 0 fully saturated rings. The van der Waals surface area contributed by atoms with Crippen LogP contribution in [0.3, 0.4) is 0 Å². The van der Waals surface area contributed by atoms with Crippen molar-refractivity contribution in [2.24, 2.45) is 0 Å². The molecule has 0 aliphatic heterocycles. The molecule has 3 atom stereocenters. The van der Waals surface area contributed by atoms with Gasteiger partial charge in [-0.05, 0) is 59.8 Å². The molecule has 0 saturated carbocycles. The first kappa shape index (κ1) is 60.0. The van der Waals surface area contributed by atoms with E-state index in [1.54, 1.807) is 6.08 Å². The number of halogens is 1. The van der Waals surface area contributed by atoms with Crippen molar-refractivity contribution < 1.29 is 13.6 Å². The Kier molecular flexibility index (Phi) is 36.7. The van der Waals surface area contributed by atoms with E-state index in [0.717, 1.165) is 67.5 Å². The SMILES string of the molecule is CCC/C=C/C=C/C[C@H](C/C=C/C=C(C)/C=[CH]/[Sn]([CH2]CCC)([CH2]CCC)[CH2]CCC)NC(=O)/C=C/C=C/C(C)=C/[C@@H](O[Si](CC)(CC)CC)[C@H](/C=C/I)O[Si](CC)(CC)CC. The van der Waals surface area contributed by atoms with Crippen molar-refractivity contribution in [3.8, 4) is 0 Å². The zero-order chi connectivity index (χ0) is 45.8. The Morgan fingerprint density at radius 1 is 0.607 bits per heavy atom. The molecule has 0 aromatic heterocycles. The summed E-state index contributed by atoms with van der Waals surface area (Å²) in [5.74, 6) is -0.0733. The van der Waals surface area contributed by atoms with Crippen molar-refractivity contribution >= 4 is 63.5 Å². The van der Waals surface area contributed by atoms with Crippen molar-refractivity contribution in [2.45, 2.75) is 215 Å². The van der Waals surface area contributed by atoms with Gasteiger partial charge in [0.2, 0.25) is 0 Å². The smallest absolute Gasteiger partial charge is 0.408 e. The number of allylic oxidation sites excluding steroid dienone is 11. The van der Waals surface area contributed by atoms with Gasteiger partial charge in [-0.1, -0.05) is 107 Å². The molecule has 348 valence electrons. The predicted octanol–water partition coefficient (Wildman–Crippen LogP) is 17.4. The molecule has 0 bridgehead atoms. The van der Waals surface area contributed by atoms with E-state index in [4.69, 9.17) is 8.85 Å². The molecule has 61 heavy (non-hydrogen) atoms. The summed E-state index contributed by atoms with van der Waals surface area (Å²) in [4.78, 5) is 13.3. The first-order valence-electron chi connectivity index (χ1n) is 24.7. The average molecular weight is 1100 g/mol. The van der Waals surface area contributed by atoms with Crippen LogP contribution < -0.4 is 5.32 Å². The maximum atomic E-state index is 13.3. The summed E-state index contributed by atoms with van der Waals surface area (Å²) in [6.07, 6.45) is 41.3. The van der Waals surface area contributed by atoms with E-state index in [1.165, 1.54) is 57.4 Å². The minimum atomic E-state index is -2.31. The van der Waals surface area contributed by atoms with E-state index >= 15 is 0 Å². The van der Waals surface area contributed by atoms with Gasteiger partial charge in [0.15, 0.2) is 16.6 Å². The molecule has 0 spiro atoms. The van der Waals surface area contributed by atoms with E-state index in [2.05, 4.69) is 186 Å². The van der Waals surface area contributed by atoms with Gasteiger partial charge in [0.05, 0.1) is 12.2 Å². The van der Waals surface area contributed by atoms with Gasteiger partial charge in [-0.3, -0.25) is 0 Å². The number of rotatable bonds is 36. The number of hydrogen-bond acceptors (Lipinski definition) is 3. The third kappa shape index (κ3) is 26.5. The topological polar surface area (TPSA) is 47.6 Å². The summed E-state index contributed by atoms with van der Waals surface area (Å²) >= 11 is 0.00577. The Labute approximate surface area is 398 Å². The fourth-order valence-corrected chi connectivity index (χ4v) is 28.3. The number of carbonyl (C=O) groups excluding carboxylic acids is 1. The Hall–Kier alpha value is -0.988. The van der Waals surface area contributed by atoms with Crippen LogP contribution in [0, 0.1) is 0 Å². The Bertz CT molecular complexity index is 1380. The summed E-state index contributed by atoms with van der Waals surface area (Å²) in [6, 6.07) is 6.57. The van der Waals surface area contributed by atoms with Gasteiger partial charge in [0.1, 0.15) is 0 Å². The molecule has 0 unspecified atom stereocenters. The molecule has 1 N–H and O–H groups in total. The zero-order valence-corrected chi connectivity index (χ0v) is 48.5. The molecule has 0 saturated heterocycles. The van der Waals surface area contributed by atoms with Crippen molar-refractivity contribution in [3.63, 3.8) is 0 Å². The number of amides is 1. The molecule has 0 radical (unpaired) electrons. The summed E-state index contributed by atoms with van der Waals surface area (Å²) in [7, 11) is -3.82. The standard InChI is InChI=1S/C41H67INO3Si2.3C4H9.Sn/c1-11-19-20-21-22-23-30-38(31-26-24-28-36(9)12-2)43-41(44)32-27-25-29-37(10)35-40(46-48(16-6,17-7)18-8)39(33-34-42)45-47(13-3,14-4)15-5;3*1-3-4-2;/h2,12,20-29,32-35,38-40H,11,13-19,30-31H2,1,3-10H3,(H,43,44);3*1,3-4H2,2H3;/b12-2?,21-20+,23-22+,26-24+,29-25+,32-27+,34-33+,36-28+,37-35+;;;;/t38-,39+,40-;;;;/m1..../s1. The third-order valence-electron chi connectivity index (χ3n) is 12.7. The van der Waals surface area contributed by atoms with Crippen LogP contribution in [0.4, 0.5) is 0 Å². The Morgan fingerprint density at radius 3 is 1.59 bits per heavy atom. The van der Waals surface area contributed by atoms with Crippen molar-refractivity contribution in [1.29, 1.82) is 0 Å². The third-order valence-corrected chi connectivity index (χ3v) is 36.4. The van der Waals surface area contributed by atoms with Gasteiger partial charge in [0.25, 0.3) is 0 Å². The van der Waals surface area contributed by atoms with Gasteiger partial charge < -0.3 is 8.85 Å². The van der Waals surface area contributed by atoms with Gasteiger partial charge in [-0.2, -0.15) is 0 Å². The van der Waals surface area contributed by atoms with Gasteiger partial charge in [-0.25, -0.2) is 0 Å². The minimum absolute atomic E-state index is 0.00558. The Morgan fingerprint density at radius 2 is 1.10 bits per heavy atom. The molecule has 4 nitrogen and oxygen atoms in total. The first-order valence-corrected chi connectivity index (χ1v) is 38.7. The molecule has 0 aromatic rings. The van der Waals surface area contributed by atoms with E-state index in [0.29, 0.717) is 0 Å². The van der Waals surface area contributed by atoms with Crippen molar-refractivity contribution in [3.05, 3.63) is 104 Å². The average Bonchev–Trinajstić information content (AvgIpc) is 3.27. The molecule has 0 aliphatic rings. The summed E-state index contributed by atoms with van der Waals surface area (Å²) in [5, 5.41) is 3.28. The molecular formula is C53H94INO3Si2Sn. The second-order valence-electron chi connectivity index (χ2n) is 17.3. The van der Waals surface area contributed by atoms with Crippen molar-refractivity contribution in [1.82, 2.24) is 5.32 Å². The Balaban J connectivity index is 6.23. The maximum absolute atomic E-state index is 13.3. The van der Waals surface area contributed by atoms with Crippen LogP contribution in [0.2, 0.25) is 49.6 Å². The second kappa shape index (κ2) is 37.3. The monoisotopic (exact) mass is 1100 g/mol. The van der Waals surface area contributed by atoms with E-state index in [-0.39, 0.29) is 24.2 Å².